The third-order valence-corrected chi connectivity index (χ3v) is 3.15. The van der Waals surface area contributed by atoms with Crippen LogP contribution in [0.1, 0.15) is 49.5 Å². The number of anilines is 2. The quantitative estimate of drug-likeness (QED) is 0.632. The van der Waals surface area contributed by atoms with Gasteiger partial charge < -0.3 is 15.8 Å². The first-order valence-electron chi connectivity index (χ1n) is 6.57. The lowest BCUT2D eigenvalue weighted by molar-refractivity contribution is 0.0602. The second kappa shape index (κ2) is 5.95. The summed E-state index contributed by atoms with van der Waals surface area (Å²) in [5.74, 6) is -0.405. The van der Waals surface area contributed by atoms with Gasteiger partial charge in [0, 0.05) is 16.9 Å². The summed E-state index contributed by atoms with van der Waals surface area (Å²) in [5.41, 5.74) is 8.56. The molecule has 0 fully saturated rings. The molecule has 0 saturated heterocycles. The van der Waals surface area contributed by atoms with E-state index in [0.717, 1.165) is 24.1 Å². The standard InChI is InChI=1S/C15H24N2O2/c1-6-7-15(3,4)17-11-8-10(2)13(16)12(9-11)14(18)19-5/h8-9,17H,6-7,16H2,1-5H3. The second-order valence-corrected chi connectivity index (χ2v) is 5.50. The van der Waals surface area contributed by atoms with E-state index >= 15 is 0 Å². The molecule has 0 heterocycles. The predicted molar refractivity (Wildman–Crippen MR) is 79.5 cm³/mol. The molecule has 106 valence electrons. The topological polar surface area (TPSA) is 64.3 Å². The van der Waals surface area contributed by atoms with Crippen LogP contribution in [0.5, 0.6) is 0 Å². The van der Waals surface area contributed by atoms with Crippen molar-refractivity contribution in [2.75, 3.05) is 18.2 Å². The number of ether oxygens (including phenoxy) is 1. The molecular formula is C15H24N2O2. The summed E-state index contributed by atoms with van der Waals surface area (Å²) in [6.45, 7) is 8.32. The first kappa shape index (κ1) is 15.3. The van der Waals surface area contributed by atoms with Gasteiger partial charge >= 0.3 is 5.97 Å². The smallest absolute Gasteiger partial charge is 0.340 e. The molecule has 0 atom stereocenters. The summed E-state index contributed by atoms with van der Waals surface area (Å²) in [5, 5.41) is 3.44. The van der Waals surface area contributed by atoms with Gasteiger partial charge in [-0.2, -0.15) is 0 Å². The maximum absolute atomic E-state index is 11.7. The van der Waals surface area contributed by atoms with Gasteiger partial charge in [-0.25, -0.2) is 4.79 Å². The zero-order chi connectivity index (χ0) is 14.6. The molecule has 1 aromatic carbocycles. The van der Waals surface area contributed by atoms with E-state index in [1.54, 1.807) is 6.07 Å². The largest absolute Gasteiger partial charge is 0.465 e. The number of nitrogens with one attached hydrogen (secondary N) is 1. The van der Waals surface area contributed by atoms with Crippen LogP contribution in [0.4, 0.5) is 11.4 Å². The lowest BCUT2D eigenvalue weighted by atomic mass is 9.97. The Kier molecular flexibility index (Phi) is 4.81. The van der Waals surface area contributed by atoms with E-state index in [1.807, 2.05) is 13.0 Å². The van der Waals surface area contributed by atoms with Gasteiger partial charge in [0.15, 0.2) is 0 Å². The summed E-state index contributed by atoms with van der Waals surface area (Å²) in [6.07, 6.45) is 2.14. The molecule has 4 heteroatoms. The van der Waals surface area contributed by atoms with Crippen LogP contribution in [-0.4, -0.2) is 18.6 Å². The van der Waals surface area contributed by atoms with Gasteiger partial charge in [-0.05, 0) is 44.9 Å². The van der Waals surface area contributed by atoms with E-state index in [9.17, 15) is 4.79 Å². The monoisotopic (exact) mass is 264 g/mol. The molecular weight excluding hydrogens is 240 g/mol. The molecule has 0 spiro atoms. The van der Waals surface area contributed by atoms with Gasteiger partial charge in [0.25, 0.3) is 0 Å². The lowest BCUT2D eigenvalue weighted by Gasteiger charge is -2.28. The molecule has 4 nitrogen and oxygen atoms in total. The van der Waals surface area contributed by atoms with E-state index in [-0.39, 0.29) is 5.54 Å². The highest BCUT2D eigenvalue weighted by atomic mass is 16.5. The van der Waals surface area contributed by atoms with Gasteiger partial charge in [0.2, 0.25) is 0 Å². The molecule has 0 aliphatic rings. The van der Waals surface area contributed by atoms with Crippen molar-refractivity contribution in [1.29, 1.82) is 0 Å². The fraction of sp³-hybridized carbons (Fsp3) is 0.533. The number of benzene rings is 1. The number of carbonyl (C=O) groups excluding carboxylic acids is 1. The van der Waals surface area contributed by atoms with Crippen LogP contribution in [0.3, 0.4) is 0 Å². The van der Waals surface area contributed by atoms with Crippen molar-refractivity contribution in [3.63, 3.8) is 0 Å². The van der Waals surface area contributed by atoms with Crippen LogP contribution < -0.4 is 11.1 Å². The van der Waals surface area contributed by atoms with Crippen molar-refractivity contribution < 1.29 is 9.53 Å². The highest BCUT2D eigenvalue weighted by molar-refractivity contribution is 5.97. The van der Waals surface area contributed by atoms with Crippen LogP contribution in [0.2, 0.25) is 0 Å². The second-order valence-electron chi connectivity index (χ2n) is 5.50. The lowest BCUT2D eigenvalue weighted by Crippen LogP contribution is -2.30. The zero-order valence-corrected chi connectivity index (χ0v) is 12.5. The van der Waals surface area contributed by atoms with E-state index in [1.165, 1.54) is 7.11 Å². The first-order chi connectivity index (χ1) is 8.80. The van der Waals surface area contributed by atoms with Crippen molar-refractivity contribution in [2.24, 2.45) is 0 Å². The van der Waals surface area contributed by atoms with Crippen LogP contribution in [0, 0.1) is 6.92 Å². The fourth-order valence-electron chi connectivity index (χ4n) is 2.23. The minimum Gasteiger partial charge on any atom is -0.465 e. The van der Waals surface area contributed by atoms with Gasteiger partial charge in [-0.1, -0.05) is 13.3 Å². The summed E-state index contributed by atoms with van der Waals surface area (Å²) in [7, 11) is 1.36. The average molecular weight is 264 g/mol. The third kappa shape index (κ3) is 3.88. The molecule has 0 amide bonds. The van der Waals surface area contributed by atoms with E-state index in [4.69, 9.17) is 10.5 Å². The molecule has 3 N–H and O–H groups in total. The van der Waals surface area contributed by atoms with Crippen molar-refractivity contribution in [3.8, 4) is 0 Å². The molecule has 0 radical (unpaired) electrons. The van der Waals surface area contributed by atoms with Gasteiger partial charge in [0.1, 0.15) is 0 Å². The average Bonchev–Trinajstić information content (AvgIpc) is 2.32. The summed E-state index contributed by atoms with van der Waals surface area (Å²) >= 11 is 0. The summed E-state index contributed by atoms with van der Waals surface area (Å²) < 4.78 is 4.76. The number of rotatable bonds is 5. The normalized spacial score (nSPS) is 11.2. The van der Waals surface area contributed by atoms with Crippen LogP contribution in [-0.2, 0) is 4.74 Å². The Morgan fingerprint density at radius 2 is 2.05 bits per heavy atom. The van der Waals surface area contributed by atoms with Gasteiger partial charge in [-0.3, -0.25) is 0 Å². The minimum atomic E-state index is -0.405. The molecule has 1 aromatic rings. The van der Waals surface area contributed by atoms with Crippen molar-refractivity contribution in [2.45, 2.75) is 46.1 Å². The Hall–Kier alpha value is -1.71. The Morgan fingerprint density at radius 1 is 1.42 bits per heavy atom. The number of carbonyl (C=O) groups is 1. The fourth-order valence-corrected chi connectivity index (χ4v) is 2.23. The highest BCUT2D eigenvalue weighted by Gasteiger charge is 2.19. The van der Waals surface area contributed by atoms with E-state index < -0.39 is 5.97 Å². The Bertz CT molecular complexity index is 467. The Morgan fingerprint density at radius 3 is 2.58 bits per heavy atom. The maximum Gasteiger partial charge on any atom is 0.340 e. The van der Waals surface area contributed by atoms with Crippen LogP contribution in [0.25, 0.3) is 0 Å². The summed E-state index contributed by atoms with van der Waals surface area (Å²) in [6, 6.07) is 3.71. The molecule has 0 unspecified atom stereocenters. The highest BCUT2D eigenvalue weighted by Crippen LogP contribution is 2.26. The molecule has 19 heavy (non-hydrogen) atoms. The first-order valence-corrected chi connectivity index (χ1v) is 6.57. The number of methoxy groups -OCH3 is 1. The third-order valence-electron chi connectivity index (χ3n) is 3.15. The maximum atomic E-state index is 11.7. The molecule has 0 aromatic heterocycles. The van der Waals surface area contributed by atoms with Crippen LogP contribution in [0.15, 0.2) is 12.1 Å². The van der Waals surface area contributed by atoms with E-state index in [0.29, 0.717) is 11.3 Å². The van der Waals surface area contributed by atoms with Crippen LogP contribution >= 0.6 is 0 Å². The zero-order valence-electron chi connectivity index (χ0n) is 12.5. The minimum absolute atomic E-state index is 0.0231. The van der Waals surface area contributed by atoms with Crippen molar-refractivity contribution >= 4 is 17.3 Å². The summed E-state index contributed by atoms with van der Waals surface area (Å²) in [4.78, 5) is 11.7. The van der Waals surface area contributed by atoms with E-state index in [2.05, 4.69) is 26.1 Å². The number of hydrogen-bond donors (Lipinski definition) is 2. The van der Waals surface area contributed by atoms with Gasteiger partial charge in [0.05, 0.1) is 12.7 Å². The van der Waals surface area contributed by atoms with Crippen molar-refractivity contribution in [3.05, 3.63) is 23.3 Å². The molecule has 1 rings (SSSR count). The Labute approximate surface area is 115 Å². The Balaban J connectivity index is 3.10. The molecule has 0 saturated carbocycles. The number of aryl methyl sites for hydroxylation is 1. The SMILES string of the molecule is CCCC(C)(C)Nc1cc(C)c(N)c(C(=O)OC)c1. The molecule has 0 aliphatic carbocycles. The number of hydrogen-bond acceptors (Lipinski definition) is 4. The molecule has 0 bridgehead atoms. The predicted octanol–water partition coefficient (Wildman–Crippen LogP) is 3.35. The molecule has 0 aliphatic heterocycles. The number of nitrogen functional groups attached to an aromatic ring is 1. The van der Waals surface area contributed by atoms with Gasteiger partial charge in [-0.15, -0.1) is 0 Å². The van der Waals surface area contributed by atoms with Crippen molar-refractivity contribution in [1.82, 2.24) is 0 Å². The number of nitrogens with two attached hydrogens (primary N) is 1. The number of esters is 1.